The van der Waals surface area contributed by atoms with Crippen LogP contribution in [-0.4, -0.2) is 13.2 Å². The van der Waals surface area contributed by atoms with Gasteiger partial charge in [0, 0.05) is 16.5 Å². The third-order valence-electron chi connectivity index (χ3n) is 3.85. The minimum Gasteiger partial charge on any atom is -0.493 e. The maximum Gasteiger partial charge on any atom is 0.128 e. The van der Waals surface area contributed by atoms with E-state index in [0.717, 1.165) is 53.1 Å². The maximum absolute atomic E-state index is 5.88. The van der Waals surface area contributed by atoms with Crippen LogP contribution in [0, 0.1) is 6.92 Å². The highest BCUT2D eigenvalue weighted by Gasteiger charge is 2.26. The van der Waals surface area contributed by atoms with Gasteiger partial charge in [-0.05, 0) is 49.2 Å². The summed E-state index contributed by atoms with van der Waals surface area (Å²) in [5.74, 6) is 1.99. The molecule has 2 heterocycles. The number of fused-ring (bicyclic) bond motifs is 1. The number of aryl methyl sites for hydroxylation is 1. The third-order valence-corrected chi connectivity index (χ3v) is 4.31. The van der Waals surface area contributed by atoms with Crippen LogP contribution in [0.3, 0.4) is 0 Å². The van der Waals surface area contributed by atoms with Gasteiger partial charge in [0.05, 0.1) is 18.9 Å². The van der Waals surface area contributed by atoms with E-state index in [1.54, 1.807) is 6.26 Å². The summed E-state index contributed by atoms with van der Waals surface area (Å²) in [6, 6.07) is 6.33. The van der Waals surface area contributed by atoms with E-state index in [4.69, 9.17) is 9.15 Å². The van der Waals surface area contributed by atoms with Crippen LogP contribution < -0.4 is 10.1 Å². The first-order valence-electron chi connectivity index (χ1n) is 7.43. The smallest absolute Gasteiger partial charge is 0.128 e. The highest BCUT2D eigenvalue weighted by Crippen LogP contribution is 2.39. The lowest BCUT2D eigenvalue weighted by Gasteiger charge is -2.20. The molecule has 0 fully saturated rings. The second-order valence-electron chi connectivity index (χ2n) is 5.44. The van der Waals surface area contributed by atoms with Gasteiger partial charge in [-0.25, -0.2) is 0 Å². The minimum absolute atomic E-state index is 0.0318. The lowest BCUT2D eigenvalue weighted by molar-refractivity contribution is 0.346. The Hall–Kier alpha value is -1.26. The maximum atomic E-state index is 5.88. The Labute approximate surface area is 133 Å². The number of halogens is 1. The van der Waals surface area contributed by atoms with Gasteiger partial charge >= 0.3 is 0 Å². The molecule has 0 saturated carbocycles. The summed E-state index contributed by atoms with van der Waals surface area (Å²) < 4.78 is 12.7. The molecule has 0 spiro atoms. The van der Waals surface area contributed by atoms with Crippen molar-refractivity contribution in [2.24, 2.45) is 0 Å². The molecule has 2 aromatic rings. The molecule has 21 heavy (non-hydrogen) atoms. The van der Waals surface area contributed by atoms with E-state index < -0.39 is 0 Å². The monoisotopic (exact) mass is 349 g/mol. The largest absolute Gasteiger partial charge is 0.493 e. The van der Waals surface area contributed by atoms with Crippen molar-refractivity contribution in [3.63, 3.8) is 0 Å². The highest BCUT2D eigenvalue weighted by molar-refractivity contribution is 9.10. The van der Waals surface area contributed by atoms with Crippen LogP contribution in [0.25, 0.3) is 0 Å². The van der Waals surface area contributed by atoms with Crippen molar-refractivity contribution in [1.29, 1.82) is 0 Å². The quantitative estimate of drug-likeness (QED) is 0.869. The molecule has 0 bridgehead atoms. The van der Waals surface area contributed by atoms with Gasteiger partial charge in [0.1, 0.15) is 11.5 Å². The van der Waals surface area contributed by atoms with Gasteiger partial charge in [0.25, 0.3) is 0 Å². The standard InChI is InChI=1S/C17H20BrNO2/c1-3-6-19-15(16-11(2)4-7-20-16)14-10-13(18)9-12-5-8-21-17(12)14/h4,7,9-10,15,19H,3,5-6,8H2,1-2H3. The second kappa shape index (κ2) is 6.24. The fourth-order valence-corrected chi connectivity index (χ4v) is 3.35. The predicted octanol–water partition coefficient (Wildman–Crippen LogP) is 4.37. The molecule has 1 unspecified atom stereocenters. The first-order valence-corrected chi connectivity index (χ1v) is 8.22. The Kier molecular flexibility index (Phi) is 4.36. The molecule has 0 saturated heterocycles. The molecule has 1 aliphatic rings. The second-order valence-corrected chi connectivity index (χ2v) is 6.35. The molecule has 3 nitrogen and oxygen atoms in total. The van der Waals surface area contributed by atoms with E-state index in [2.05, 4.69) is 47.2 Å². The number of furan rings is 1. The van der Waals surface area contributed by atoms with Crippen LogP contribution >= 0.6 is 15.9 Å². The molecular weight excluding hydrogens is 330 g/mol. The first-order chi connectivity index (χ1) is 10.2. The van der Waals surface area contributed by atoms with Crippen molar-refractivity contribution in [1.82, 2.24) is 5.32 Å². The van der Waals surface area contributed by atoms with E-state index in [0.29, 0.717) is 0 Å². The number of rotatable bonds is 5. The zero-order chi connectivity index (χ0) is 14.8. The summed E-state index contributed by atoms with van der Waals surface area (Å²) in [4.78, 5) is 0. The van der Waals surface area contributed by atoms with Gasteiger partial charge in [-0.1, -0.05) is 22.9 Å². The summed E-state index contributed by atoms with van der Waals surface area (Å²) in [6.45, 7) is 5.95. The molecule has 1 aromatic carbocycles. The van der Waals surface area contributed by atoms with Gasteiger partial charge in [-0.2, -0.15) is 0 Å². The lowest BCUT2D eigenvalue weighted by atomic mass is 9.98. The molecule has 1 atom stereocenters. The van der Waals surface area contributed by atoms with Crippen molar-refractivity contribution >= 4 is 15.9 Å². The van der Waals surface area contributed by atoms with E-state index in [-0.39, 0.29) is 6.04 Å². The van der Waals surface area contributed by atoms with Crippen molar-refractivity contribution < 1.29 is 9.15 Å². The number of nitrogens with one attached hydrogen (secondary N) is 1. The van der Waals surface area contributed by atoms with E-state index in [9.17, 15) is 0 Å². The van der Waals surface area contributed by atoms with Crippen molar-refractivity contribution in [2.45, 2.75) is 32.7 Å². The first kappa shape index (κ1) is 14.7. The predicted molar refractivity (Wildman–Crippen MR) is 86.9 cm³/mol. The van der Waals surface area contributed by atoms with E-state index >= 15 is 0 Å². The topological polar surface area (TPSA) is 34.4 Å². The third kappa shape index (κ3) is 2.87. The van der Waals surface area contributed by atoms with Gasteiger partial charge in [-0.15, -0.1) is 0 Å². The van der Waals surface area contributed by atoms with Crippen molar-refractivity contribution in [2.75, 3.05) is 13.2 Å². The van der Waals surface area contributed by atoms with Gasteiger partial charge < -0.3 is 14.5 Å². The summed E-state index contributed by atoms with van der Waals surface area (Å²) >= 11 is 3.62. The van der Waals surface area contributed by atoms with Crippen molar-refractivity contribution in [3.8, 4) is 5.75 Å². The zero-order valence-corrected chi connectivity index (χ0v) is 14.0. The Morgan fingerprint density at radius 3 is 2.95 bits per heavy atom. The summed E-state index contributed by atoms with van der Waals surface area (Å²) in [7, 11) is 0. The van der Waals surface area contributed by atoms with Crippen LogP contribution in [0.5, 0.6) is 5.75 Å². The Balaban J connectivity index is 2.07. The molecule has 0 radical (unpaired) electrons. The van der Waals surface area contributed by atoms with Crippen LogP contribution in [0.1, 0.15) is 41.8 Å². The lowest BCUT2D eigenvalue weighted by Crippen LogP contribution is -2.24. The van der Waals surface area contributed by atoms with Gasteiger partial charge in [0.15, 0.2) is 0 Å². The summed E-state index contributed by atoms with van der Waals surface area (Å²) in [5, 5.41) is 3.59. The fourth-order valence-electron chi connectivity index (χ4n) is 2.83. The number of hydrogen-bond donors (Lipinski definition) is 1. The van der Waals surface area contributed by atoms with E-state index in [1.165, 1.54) is 5.56 Å². The Morgan fingerprint density at radius 1 is 1.38 bits per heavy atom. The number of benzene rings is 1. The summed E-state index contributed by atoms with van der Waals surface area (Å²) in [6.07, 6.45) is 3.80. The molecule has 4 heteroatoms. The average molecular weight is 350 g/mol. The average Bonchev–Trinajstić information content (AvgIpc) is 3.08. The molecule has 0 aliphatic carbocycles. The molecule has 0 amide bonds. The van der Waals surface area contributed by atoms with Crippen LogP contribution in [0.2, 0.25) is 0 Å². The molecule has 1 N–H and O–H groups in total. The molecule has 3 rings (SSSR count). The fraction of sp³-hybridized carbons (Fsp3) is 0.412. The summed E-state index contributed by atoms with van der Waals surface area (Å²) in [5.41, 5.74) is 3.59. The molecule has 112 valence electrons. The van der Waals surface area contributed by atoms with Gasteiger partial charge in [0.2, 0.25) is 0 Å². The Morgan fingerprint density at radius 2 is 2.24 bits per heavy atom. The Bertz CT molecular complexity index is 636. The van der Waals surface area contributed by atoms with Gasteiger partial charge in [-0.3, -0.25) is 0 Å². The van der Waals surface area contributed by atoms with Crippen molar-refractivity contribution in [3.05, 3.63) is 51.4 Å². The normalized spacial score (nSPS) is 14.8. The number of ether oxygens (including phenoxy) is 1. The SMILES string of the molecule is CCCNC(c1cc(Br)cc2c1OCC2)c1occc1C. The van der Waals surface area contributed by atoms with Crippen LogP contribution in [-0.2, 0) is 6.42 Å². The van der Waals surface area contributed by atoms with Crippen LogP contribution in [0.4, 0.5) is 0 Å². The molecule has 1 aromatic heterocycles. The number of hydrogen-bond acceptors (Lipinski definition) is 3. The highest BCUT2D eigenvalue weighted by atomic mass is 79.9. The zero-order valence-electron chi connectivity index (χ0n) is 12.4. The minimum atomic E-state index is 0.0318. The molecular formula is C17H20BrNO2. The molecule has 1 aliphatic heterocycles. The van der Waals surface area contributed by atoms with E-state index in [1.807, 2.05) is 6.07 Å². The van der Waals surface area contributed by atoms with Crippen LogP contribution in [0.15, 0.2) is 33.4 Å².